The van der Waals surface area contributed by atoms with Crippen molar-refractivity contribution in [1.29, 1.82) is 0 Å². The maximum absolute atomic E-state index is 12.5. The Labute approximate surface area is 194 Å². The zero-order valence-corrected chi connectivity index (χ0v) is 19.6. The van der Waals surface area contributed by atoms with Crippen molar-refractivity contribution in [2.24, 2.45) is 5.14 Å². The predicted octanol–water partition coefficient (Wildman–Crippen LogP) is 2.76. The molecule has 0 amide bonds. The number of anilines is 1. The van der Waals surface area contributed by atoms with Crippen molar-refractivity contribution in [1.82, 2.24) is 4.90 Å². The molecule has 0 atom stereocenters. The second-order valence-corrected chi connectivity index (χ2v) is 9.41. The topological polar surface area (TPSA) is 122 Å². The number of primary sulfonamides is 1. The van der Waals surface area contributed by atoms with E-state index in [9.17, 15) is 18.3 Å². The minimum Gasteiger partial charge on any atom is -0.478 e. The Morgan fingerprint density at radius 1 is 1.18 bits per heavy atom. The van der Waals surface area contributed by atoms with Crippen molar-refractivity contribution in [2.45, 2.75) is 24.7 Å². The van der Waals surface area contributed by atoms with Crippen molar-refractivity contribution in [3.63, 3.8) is 0 Å². The van der Waals surface area contributed by atoms with Crippen LogP contribution in [-0.4, -0.2) is 70.3 Å². The number of sulfonamides is 1. The van der Waals surface area contributed by atoms with E-state index in [1.807, 2.05) is 11.0 Å². The molecule has 1 aliphatic heterocycles. The maximum atomic E-state index is 12.5. The van der Waals surface area contributed by atoms with Crippen LogP contribution in [0.4, 0.5) is 5.69 Å². The molecule has 1 aliphatic rings. The lowest BCUT2D eigenvalue weighted by Crippen LogP contribution is -2.42. The van der Waals surface area contributed by atoms with E-state index in [4.69, 9.17) is 14.6 Å². The van der Waals surface area contributed by atoms with Gasteiger partial charge in [-0.1, -0.05) is 31.5 Å². The van der Waals surface area contributed by atoms with Gasteiger partial charge in [0.15, 0.2) is 5.75 Å². The summed E-state index contributed by atoms with van der Waals surface area (Å²) in [6.07, 6.45) is 1.76. The fourth-order valence-electron chi connectivity index (χ4n) is 3.65. The normalized spacial score (nSPS) is 14.7. The predicted molar refractivity (Wildman–Crippen MR) is 126 cm³/mol. The number of carboxylic acids is 1. The highest BCUT2D eigenvalue weighted by Gasteiger charge is 2.26. The smallest absolute Gasteiger partial charge is 0.335 e. The molecule has 0 radical (unpaired) electrons. The van der Waals surface area contributed by atoms with E-state index in [0.717, 1.165) is 38.5 Å². The van der Waals surface area contributed by atoms with E-state index >= 15 is 0 Å². The fraction of sp³-hybridized carbons (Fsp3) is 0.435. The molecular weight excluding hydrogens is 446 g/mol. The minimum absolute atomic E-state index is 0.0341. The summed E-state index contributed by atoms with van der Waals surface area (Å²) < 4.78 is 36.4. The molecule has 2 aromatic rings. The first-order chi connectivity index (χ1) is 15.8. The van der Waals surface area contributed by atoms with Gasteiger partial charge in [-0.2, -0.15) is 0 Å². The third-order valence-corrected chi connectivity index (χ3v) is 6.38. The van der Waals surface area contributed by atoms with Crippen LogP contribution in [-0.2, 0) is 14.8 Å². The number of para-hydroxylation sites is 1. The number of nitrogens with zero attached hydrogens (tertiary/aromatic N) is 2. The monoisotopic (exact) mass is 477 g/mol. The van der Waals surface area contributed by atoms with Crippen LogP contribution >= 0.6 is 0 Å². The lowest BCUT2D eigenvalue weighted by molar-refractivity contribution is 0.0391. The van der Waals surface area contributed by atoms with Crippen LogP contribution in [0.2, 0.25) is 0 Å². The molecule has 2 aromatic carbocycles. The van der Waals surface area contributed by atoms with Crippen LogP contribution in [0, 0.1) is 0 Å². The number of unbranched alkanes of at least 4 members (excludes halogenated alkanes) is 1. The summed E-state index contributed by atoms with van der Waals surface area (Å²) in [5.74, 6) is -0.779. The Bertz CT molecular complexity index is 1040. The van der Waals surface area contributed by atoms with Gasteiger partial charge in [-0.25, -0.2) is 18.4 Å². The van der Waals surface area contributed by atoms with Gasteiger partial charge >= 0.3 is 5.97 Å². The Morgan fingerprint density at radius 3 is 2.48 bits per heavy atom. The summed E-state index contributed by atoms with van der Waals surface area (Å²) in [5.41, 5.74) is 0.229. The van der Waals surface area contributed by atoms with Crippen molar-refractivity contribution < 1.29 is 27.8 Å². The third kappa shape index (κ3) is 6.91. The molecule has 1 fully saturated rings. The number of nitrogens with two attached hydrogens (primary N) is 1. The van der Waals surface area contributed by atoms with Crippen molar-refractivity contribution in [3.05, 3.63) is 48.0 Å². The Kier molecular flexibility index (Phi) is 8.67. The molecule has 3 rings (SSSR count). The van der Waals surface area contributed by atoms with Crippen molar-refractivity contribution in [3.8, 4) is 11.5 Å². The zero-order chi connectivity index (χ0) is 23.8. The molecule has 10 heteroatoms. The summed E-state index contributed by atoms with van der Waals surface area (Å²) in [6.45, 7) is 6.92. The highest BCUT2D eigenvalue weighted by Crippen LogP contribution is 2.39. The first-order valence-electron chi connectivity index (χ1n) is 11.0. The van der Waals surface area contributed by atoms with Crippen LogP contribution < -0.4 is 14.8 Å². The van der Waals surface area contributed by atoms with Gasteiger partial charge in [-0.3, -0.25) is 4.90 Å². The number of carbonyl (C=O) groups is 1. The van der Waals surface area contributed by atoms with E-state index in [-0.39, 0.29) is 16.2 Å². The first-order valence-corrected chi connectivity index (χ1v) is 12.6. The highest BCUT2D eigenvalue weighted by molar-refractivity contribution is 7.89. The summed E-state index contributed by atoms with van der Waals surface area (Å²) in [6, 6.07) is 11.3. The lowest BCUT2D eigenvalue weighted by atomic mass is 10.1. The van der Waals surface area contributed by atoms with Crippen molar-refractivity contribution >= 4 is 21.7 Å². The number of carboxylic acid groups (broad SMARTS) is 1. The van der Waals surface area contributed by atoms with Gasteiger partial charge in [-0.15, -0.1) is 0 Å². The molecule has 1 saturated heterocycles. The molecule has 180 valence electrons. The molecule has 3 N–H and O–H groups in total. The van der Waals surface area contributed by atoms with Crippen LogP contribution in [0.15, 0.2) is 47.4 Å². The molecular formula is C23H31N3O6S. The molecule has 33 heavy (non-hydrogen) atoms. The average molecular weight is 478 g/mol. The SMILES string of the molecule is CCCCN(CCN1CCOCC1)c1cc(C(=O)O)cc(S(N)(=O)=O)c1Oc1ccccc1. The van der Waals surface area contributed by atoms with Crippen LogP contribution in [0.25, 0.3) is 0 Å². The number of morpholine rings is 1. The third-order valence-electron chi connectivity index (χ3n) is 5.46. The van der Waals surface area contributed by atoms with E-state index in [2.05, 4.69) is 11.8 Å². The largest absolute Gasteiger partial charge is 0.478 e. The van der Waals surface area contributed by atoms with E-state index in [1.165, 1.54) is 6.07 Å². The van der Waals surface area contributed by atoms with Gasteiger partial charge in [0.25, 0.3) is 0 Å². The molecule has 0 aromatic heterocycles. The summed E-state index contributed by atoms with van der Waals surface area (Å²) >= 11 is 0. The van der Waals surface area contributed by atoms with E-state index in [0.29, 0.717) is 37.7 Å². The Balaban J connectivity index is 2.08. The quantitative estimate of drug-likeness (QED) is 0.507. The van der Waals surface area contributed by atoms with Gasteiger partial charge in [0, 0.05) is 32.7 Å². The molecule has 0 bridgehead atoms. The average Bonchev–Trinajstić information content (AvgIpc) is 2.80. The Hall–Kier alpha value is -2.66. The molecule has 9 nitrogen and oxygen atoms in total. The number of hydrogen-bond acceptors (Lipinski definition) is 7. The van der Waals surface area contributed by atoms with Crippen LogP contribution in [0.5, 0.6) is 11.5 Å². The summed E-state index contributed by atoms with van der Waals surface area (Å²) in [4.78, 5) is 15.7. The Morgan fingerprint density at radius 2 is 1.88 bits per heavy atom. The summed E-state index contributed by atoms with van der Waals surface area (Å²) in [7, 11) is -4.26. The second-order valence-electron chi connectivity index (χ2n) is 7.88. The number of benzene rings is 2. The van der Waals surface area contributed by atoms with E-state index in [1.54, 1.807) is 24.3 Å². The first kappa shape index (κ1) is 25.0. The van der Waals surface area contributed by atoms with Gasteiger partial charge in [0.05, 0.1) is 24.5 Å². The number of aromatic carboxylic acids is 1. The highest BCUT2D eigenvalue weighted by atomic mass is 32.2. The molecule has 1 heterocycles. The maximum Gasteiger partial charge on any atom is 0.335 e. The van der Waals surface area contributed by atoms with Gasteiger partial charge in [0.2, 0.25) is 10.0 Å². The number of rotatable bonds is 11. The fourth-order valence-corrected chi connectivity index (χ4v) is 4.35. The van der Waals surface area contributed by atoms with Crippen LogP contribution in [0.3, 0.4) is 0 Å². The number of ether oxygens (including phenoxy) is 2. The van der Waals surface area contributed by atoms with Gasteiger partial charge in [-0.05, 0) is 30.7 Å². The molecule has 0 unspecified atom stereocenters. The second kappa shape index (κ2) is 11.5. The van der Waals surface area contributed by atoms with E-state index < -0.39 is 16.0 Å². The van der Waals surface area contributed by atoms with Gasteiger partial charge < -0.3 is 19.5 Å². The standard InChI is InChI=1S/C23H31N3O6S/c1-2-3-9-26(11-10-25-12-14-31-15-13-25)20-16-18(23(27)28)17-21(33(24,29)30)22(20)32-19-7-5-4-6-8-19/h4-8,16-17H,2-3,9-15H2,1H3,(H,27,28)(H2,24,29,30). The zero-order valence-electron chi connectivity index (χ0n) is 18.8. The molecule has 0 spiro atoms. The lowest BCUT2D eigenvalue weighted by Gasteiger charge is -2.32. The van der Waals surface area contributed by atoms with Crippen LogP contribution in [0.1, 0.15) is 30.1 Å². The number of hydrogen-bond donors (Lipinski definition) is 2. The molecule has 0 aliphatic carbocycles. The summed E-state index contributed by atoms with van der Waals surface area (Å²) in [5, 5.41) is 15.2. The minimum atomic E-state index is -4.26. The van der Waals surface area contributed by atoms with Gasteiger partial charge in [0.1, 0.15) is 10.6 Å². The molecule has 0 saturated carbocycles. The van der Waals surface area contributed by atoms with Crippen molar-refractivity contribution in [2.75, 3.05) is 50.8 Å².